The lowest BCUT2D eigenvalue weighted by atomic mass is 10.0. The van der Waals surface area contributed by atoms with E-state index in [1.807, 2.05) is 6.07 Å². The Morgan fingerprint density at radius 2 is 1.46 bits per heavy atom. The molecular weight excluding hydrogens is 350 g/mol. The first-order valence-electron chi connectivity index (χ1n) is 9.60. The Kier molecular flexibility index (Phi) is 10.5. The standard InChI is InChI=1S/C20H33NO4S/c1-18(20(22)23)14-10-7-5-3-4-6-8-13-17-21(2)26(24,25)19-15-11-9-12-16-19/h9,11-12,15-16,18H,3-8,10,13-14,17H2,1-2H3,(H,22,23). The lowest BCUT2D eigenvalue weighted by Crippen LogP contribution is -2.27. The van der Waals surface area contributed by atoms with Crippen LogP contribution < -0.4 is 0 Å². The Hall–Kier alpha value is -1.40. The van der Waals surface area contributed by atoms with Crippen molar-refractivity contribution in [3.05, 3.63) is 30.3 Å². The Bertz CT molecular complexity index is 616. The number of carbonyl (C=O) groups is 1. The van der Waals surface area contributed by atoms with Crippen LogP contribution in [0.1, 0.15) is 64.7 Å². The second-order valence-corrected chi connectivity index (χ2v) is 9.04. The van der Waals surface area contributed by atoms with E-state index in [0.29, 0.717) is 11.4 Å². The molecule has 0 aromatic heterocycles. The molecule has 0 heterocycles. The summed E-state index contributed by atoms with van der Waals surface area (Å²) in [6.07, 6.45) is 9.33. The van der Waals surface area contributed by atoms with Gasteiger partial charge < -0.3 is 5.11 Å². The smallest absolute Gasteiger partial charge is 0.306 e. The van der Waals surface area contributed by atoms with Crippen LogP contribution in [-0.2, 0) is 14.8 Å². The SMILES string of the molecule is CC(CCCCCCCCCCN(C)S(=O)(=O)c1ccccc1)C(=O)O. The van der Waals surface area contributed by atoms with E-state index in [4.69, 9.17) is 5.11 Å². The summed E-state index contributed by atoms with van der Waals surface area (Å²) in [5.74, 6) is -0.941. The monoisotopic (exact) mass is 383 g/mol. The molecule has 1 aromatic rings. The summed E-state index contributed by atoms with van der Waals surface area (Å²) in [4.78, 5) is 11.1. The van der Waals surface area contributed by atoms with E-state index in [1.165, 1.54) is 10.7 Å². The third-order valence-electron chi connectivity index (χ3n) is 4.73. The second-order valence-electron chi connectivity index (χ2n) is 7.00. The first kappa shape index (κ1) is 22.6. The Balaban J connectivity index is 2.06. The van der Waals surface area contributed by atoms with Crippen molar-refractivity contribution in [2.24, 2.45) is 5.92 Å². The molecule has 0 amide bonds. The van der Waals surface area contributed by atoms with E-state index in [1.54, 1.807) is 38.2 Å². The topological polar surface area (TPSA) is 74.7 Å². The highest BCUT2D eigenvalue weighted by atomic mass is 32.2. The fourth-order valence-corrected chi connectivity index (χ4v) is 4.09. The number of aliphatic carboxylic acids is 1. The minimum Gasteiger partial charge on any atom is -0.481 e. The zero-order valence-electron chi connectivity index (χ0n) is 16.1. The third kappa shape index (κ3) is 8.32. The maximum absolute atomic E-state index is 12.4. The highest BCUT2D eigenvalue weighted by Gasteiger charge is 2.19. The van der Waals surface area contributed by atoms with Crippen LogP contribution in [0.2, 0.25) is 0 Å². The molecule has 26 heavy (non-hydrogen) atoms. The predicted octanol–water partition coefficient (Wildman–Crippen LogP) is 4.54. The van der Waals surface area contributed by atoms with E-state index in [2.05, 4.69) is 0 Å². The minimum absolute atomic E-state index is 0.237. The number of unbranched alkanes of at least 4 members (excludes halogenated alkanes) is 7. The van der Waals surface area contributed by atoms with Gasteiger partial charge in [0.05, 0.1) is 10.8 Å². The maximum Gasteiger partial charge on any atom is 0.306 e. The van der Waals surface area contributed by atoms with Gasteiger partial charge >= 0.3 is 5.97 Å². The molecule has 148 valence electrons. The van der Waals surface area contributed by atoms with Crippen molar-refractivity contribution in [2.75, 3.05) is 13.6 Å². The van der Waals surface area contributed by atoms with Gasteiger partial charge in [-0.15, -0.1) is 0 Å². The summed E-state index contributed by atoms with van der Waals surface area (Å²) < 4.78 is 26.2. The Labute approximate surface area is 158 Å². The van der Waals surface area contributed by atoms with Gasteiger partial charge in [0, 0.05) is 13.6 Å². The van der Waals surface area contributed by atoms with Gasteiger partial charge in [0.25, 0.3) is 0 Å². The number of rotatable bonds is 14. The lowest BCUT2D eigenvalue weighted by Gasteiger charge is -2.17. The number of sulfonamides is 1. The molecule has 1 atom stereocenters. The average molecular weight is 384 g/mol. The number of nitrogens with zero attached hydrogens (tertiary/aromatic N) is 1. The van der Waals surface area contributed by atoms with Gasteiger partial charge in [-0.1, -0.05) is 70.1 Å². The summed E-state index contributed by atoms with van der Waals surface area (Å²) in [6, 6.07) is 8.55. The van der Waals surface area contributed by atoms with Crippen molar-refractivity contribution < 1.29 is 18.3 Å². The van der Waals surface area contributed by atoms with Crippen molar-refractivity contribution in [3.63, 3.8) is 0 Å². The summed E-state index contributed by atoms with van der Waals surface area (Å²) in [6.45, 7) is 2.31. The fraction of sp³-hybridized carbons (Fsp3) is 0.650. The van der Waals surface area contributed by atoms with Crippen molar-refractivity contribution >= 4 is 16.0 Å². The van der Waals surface area contributed by atoms with Crippen LogP contribution >= 0.6 is 0 Å². The third-order valence-corrected chi connectivity index (χ3v) is 6.60. The fourth-order valence-electron chi connectivity index (χ4n) is 2.86. The van der Waals surface area contributed by atoms with Crippen LogP contribution in [0.15, 0.2) is 35.2 Å². The number of carboxylic acid groups (broad SMARTS) is 1. The van der Waals surface area contributed by atoms with E-state index in [0.717, 1.165) is 51.4 Å². The first-order valence-corrected chi connectivity index (χ1v) is 11.0. The van der Waals surface area contributed by atoms with Gasteiger partial charge in [-0.2, -0.15) is 0 Å². The molecule has 0 aliphatic carbocycles. The molecule has 1 unspecified atom stereocenters. The molecule has 6 heteroatoms. The molecule has 0 fully saturated rings. The van der Waals surface area contributed by atoms with E-state index >= 15 is 0 Å². The highest BCUT2D eigenvalue weighted by molar-refractivity contribution is 7.89. The average Bonchev–Trinajstić information content (AvgIpc) is 2.63. The molecule has 1 aromatic carbocycles. The van der Waals surface area contributed by atoms with E-state index in [-0.39, 0.29) is 5.92 Å². The van der Waals surface area contributed by atoms with Gasteiger partial charge in [-0.3, -0.25) is 4.79 Å². The number of hydrogen-bond donors (Lipinski definition) is 1. The van der Waals surface area contributed by atoms with Crippen LogP contribution in [0.4, 0.5) is 0 Å². The zero-order valence-corrected chi connectivity index (χ0v) is 16.9. The largest absolute Gasteiger partial charge is 0.481 e. The van der Waals surface area contributed by atoms with E-state index < -0.39 is 16.0 Å². The summed E-state index contributed by atoms with van der Waals surface area (Å²) in [7, 11) is -1.73. The first-order chi connectivity index (χ1) is 12.4. The van der Waals surface area contributed by atoms with Gasteiger partial charge in [0.15, 0.2) is 0 Å². The van der Waals surface area contributed by atoms with Crippen LogP contribution in [-0.4, -0.2) is 37.4 Å². The van der Waals surface area contributed by atoms with Crippen molar-refractivity contribution in [1.29, 1.82) is 0 Å². The molecule has 0 saturated carbocycles. The normalized spacial score (nSPS) is 13.0. The van der Waals surface area contributed by atoms with Crippen LogP contribution in [0.3, 0.4) is 0 Å². The number of benzene rings is 1. The van der Waals surface area contributed by atoms with Gasteiger partial charge in [-0.25, -0.2) is 12.7 Å². The summed E-state index contributed by atoms with van der Waals surface area (Å²) >= 11 is 0. The summed E-state index contributed by atoms with van der Waals surface area (Å²) in [5, 5.41) is 8.82. The molecular formula is C20H33NO4S. The van der Waals surface area contributed by atoms with Crippen molar-refractivity contribution in [3.8, 4) is 0 Å². The maximum atomic E-state index is 12.4. The van der Waals surface area contributed by atoms with Gasteiger partial charge in [-0.05, 0) is 25.0 Å². The quantitative estimate of drug-likeness (QED) is 0.479. The number of carboxylic acids is 1. The number of hydrogen-bond acceptors (Lipinski definition) is 3. The van der Waals surface area contributed by atoms with Crippen molar-refractivity contribution in [2.45, 2.75) is 69.6 Å². The molecule has 0 aliphatic rings. The van der Waals surface area contributed by atoms with Gasteiger partial charge in [0.2, 0.25) is 10.0 Å². The molecule has 1 rings (SSSR count). The van der Waals surface area contributed by atoms with Gasteiger partial charge in [0.1, 0.15) is 0 Å². The van der Waals surface area contributed by atoms with Crippen LogP contribution in [0, 0.1) is 5.92 Å². The molecule has 1 N–H and O–H groups in total. The molecule has 0 bridgehead atoms. The lowest BCUT2D eigenvalue weighted by molar-refractivity contribution is -0.141. The molecule has 0 spiro atoms. The highest BCUT2D eigenvalue weighted by Crippen LogP contribution is 2.16. The van der Waals surface area contributed by atoms with Crippen LogP contribution in [0.25, 0.3) is 0 Å². The molecule has 0 aliphatic heterocycles. The van der Waals surface area contributed by atoms with Crippen molar-refractivity contribution in [1.82, 2.24) is 4.31 Å². The molecule has 0 saturated heterocycles. The summed E-state index contributed by atoms with van der Waals surface area (Å²) in [5.41, 5.74) is 0. The zero-order chi connectivity index (χ0) is 19.4. The Morgan fingerprint density at radius 3 is 2.00 bits per heavy atom. The van der Waals surface area contributed by atoms with Crippen LogP contribution in [0.5, 0.6) is 0 Å². The Morgan fingerprint density at radius 1 is 0.962 bits per heavy atom. The predicted molar refractivity (Wildman–Crippen MR) is 105 cm³/mol. The molecule has 5 nitrogen and oxygen atoms in total. The second kappa shape index (κ2) is 12.1. The minimum atomic E-state index is -3.37. The van der Waals surface area contributed by atoms with E-state index in [9.17, 15) is 13.2 Å². The molecule has 0 radical (unpaired) electrons.